The lowest BCUT2D eigenvalue weighted by atomic mass is 10.2. The lowest BCUT2D eigenvalue weighted by Crippen LogP contribution is -2.44. The predicted molar refractivity (Wildman–Crippen MR) is 88.5 cm³/mol. The fourth-order valence-corrected chi connectivity index (χ4v) is 3.41. The van der Waals surface area contributed by atoms with E-state index in [1.54, 1.807) is 4.68 Å². The minimum Gasteiger partial charge on any atom is -0.377 e. The monoisotopic (exact) mass is 417 g/mol. The quantitative estimate of drug-likeness (QED) is 0.555. The Hall–Kier alpha value is -1.11. The molecule has 3 rings (SSSR count). The van der Waals surface area contributed by atoms with Crippen LogP contribution in [0.4, 0.5) is 5.69 Å². The molecule has 1 aliphatic rings. The molecular formula is C13H13ClIN5O. The second kappa shape index (κ2) is 5.94. The molecule has 0 N–H and O–H groups in total. The third kappa shape index (κ3) is 2.67. The van der Waals surface area contributed by atoms with Crippen LogP contribution >= 0.6 is 34.2 Å². The fraction of sp³-hybridized carbons (Fsp3) is 0.462. The van der Waals surface area contributed by atoms with Gasteiger partial charge in [0, 0.05) is 18.7 Å². The van der Waals surface area contributed by atoms with Gasteiger partial charge in [-0.3, -0.25) is 0 Å². The molecule has 1 saturated heterocycles. The SMILES string of the molecule is C[C@@H]1COCCN1c1cc(Cl)nc2c(I)nn(CC#N)c12. The molecule has 0 saturated carbocycles. The summed E-state index contributed by atoms with van der Waals surface area (Å²) in [7, 11) is 0. The summed E-state index contributed by atoms with van der Waals surface area (Å²) in [6.45, 7) is 4.43. The van der Waals surface area contributed by atoms with Crippen LogP contribution in [0.15, 0.2) is 6.07 Å². The Balaban J connectivity index is 2.22. The highest BCUT2D eigenvalue weighted by atomic mass is 127. The number of anilines is 1. The number of hydrogen-bond donors (Lipinski definition) is 0. The third-order valence-electron chi connectivity index (χ3n) is 3.50. The van der Waals surface area contributed by atoms with Crippen LogP contribution in [0.3, 0.4) is 0 Å². The van der Waals surface area contributed by atoms with Crippen LogP contribution in [-0.4, -0.2) is 40.6 Å². The highest BCUT2D eigenvalue weighted by molar-refractivity contribution is 14.1. The van der Waals surface area contributed by atoms with E-state index in [0.29, 0.717) is 18.4 Å². The molecule has 0 radical (unpaired) electrons. The Morgan fingerprint density at radius 1 is 1.62 bits per heavy atom. The minimum absolute atomic E-state index is 0.189. The molecule has 1 aliphatic heterocycles. The summed E-state index contributed by atoms with van der Waals surface area (Å²) in [4.78, 5) is 6.61. The topological polar surface area (TPSA) is 67.0 Å². The minimum atomic E-state index is 0.189. The normalized spacial score (nSPS) is 19.0. The molecule has 3 heterocycles. The van der Waals surface area contributed by atoms with Gasteiger partial charge < -0.3 is 9.64 Å². The summed E-state index contributed by atoms with van der Waals surface area (Å²) in [5.74, 6) is 0. The van der Waals surface area contributed by atoms with Crippen molar-refractivity contribution in [1.82, 2.24) is 14.8 Å². The number of aromatic nitrogens is 3. The maximum absolute atomic E-state index is 9.00. The number of hydrogen-bond acceptors (Lipinski definition) is 5. The number of ether oxygens (including phenoxy) is 1. The first kappa shape index (κ1) is 14.8. The third-order valence-corrected chi connectivity index (χ3v) is 4.42. The van der Waals surface area contributed by atoms with E-state index in [0.717, 1.165) is 27.0 Å². The van der Waals surface area contributed by atoms with Crippen LogP contribution in [0, 0.1) is 15.0 Å². The van der Waals surface area contributed by atoms with Crippen LogP contribution in [0.2, 0.25) is 5.15 Å². The molecule has 0 spiro atoms. The summed E-state index contributed by atoms with van der Waals surface area (Å²) < 4.78 is 7.94. The molecular weight excluding hydrogens is 405 g/mol. The smallest absolute Gasteiger partial charge is 0.149 e. The lowest BCUT2D eigenvalue weighted by molar-refractivity contribution is 0.0990. The Bertz CT molecular complexity index is 725. The molecule has 0 amide bonds. The molecule has 1 atom stereocenters. The van der Waals surface area contributed by atoms with Crippen molar-refractivity contribution >= 4 is 50.9 Å². The van der Waals surface area contributed by atoms with E-state index >= 15 is 0 Å². The van der Waals surface area contributed by atoms with Gasteiger partial charge >= 0.3 is 0 Å². The van der Waals surface area contributed by atoms with Gasteiger partial charge in [0.25, 0.3) is 0 Å². The van der Waals surface area contributed by atoms with Gasteiger partial charge in [0.05, 0.1) is 25.0 Å². The zero-order chi connectivity index (χ0) is 15.0. The molecule has 0 aliphatic carbocycles. The van der Waals surface area contributed by atoms with E-state index in [9.17, 15) is 0 Å². The first-order valence-corrected chi connectivity index (χ1v) is 8.01. The summed E-state index contributed by atoms with van der Waals surface area (Å²) in [6, 6.07) is 4.22. The highest BCUT2D eigenvalue weighted by Gasteiger charge is 2.25. The van der Waals surface area contributed by atoms with Crippen molar-refractivity contribution < 1.29 is 4.74 Å². The Labute approximate surface area is 140 Å². The second-order valence-electron chi connectivity index (χ2n) is 4.89. The molecule has 0 unspecified atom stereocenters. The van der Waals surface area contributed by atoms with Crippen LogP contribution in [-0.2, 0) is 11.3 Å². The van der Waals surface area contributed by atoms with E-state index in [4.69, 9.17) is 21.6 Å². The Morgan fingerprint density at radius 3 is 3.14 bits per heavy atom. The van der Waals surface area contributed by atoms with Crippen molar-refractivity contribution in [2.45, 2.75) is 19.5 Å². The van der Waals surface area contributed by atoms with Gasteiger partial charge in [0.1, 0.15) is 26.4 Å². The number of rotatable bonds is 2. The molecule has 6 nitrogen and oxygen atoms in total. The van der Waals surface area contributed by atoms with Gasteiger partial charge in [-0.2, -0.15) is 10.4 Å². The van der Waals surface area contributed by atoms with Crippen molar-refractivity contribution in [3.63, 3.8) is 0 Å². The lowest BCUT2D eigenvalue weighted by Gasteiger charge is -2.35. The molecule has 2 aromatic rings. The van der Waals surface area contributed by atoms with Crippen LogP contribution < -0.4 is 4.90 Å². The molecule has 0 aromatic carbocycles. The van der Waals surface area contributed by atoms with Crippen LogP contribution in [0.25, 0.3) is 11.0 Å². The van der Waals surface area contributed by atoms with Gasteiger partial charge in [0.15, 0.2) is 0 Å². The van der Waals surface area contributed by atoms with E-state index in [-0.39, 0.29) is 12.6 Å². The fourth-order valence-electron chi connectivity index (χ4n) is 2.58. The van der Waals surface area contributed by atoms with Gasteiger partial charge in [-0.1, -0.05) is 11.6 Å². The summed E-state index contributed by atoms with van der Waals surface area (Å²) in [5, 5.41) is 13.8. The molecule has 1 fully saturated rings. The number of nitrogens with zero attached hydrogens (tertiary/aromatic N) is 5. The Kier molecular flexibility index (Phi) is 4.19. The standard InChI is InChI=1S/C13H13ClIN5O/c1-8-7-21-5-4-19(8)9-6-10(14)17-11-12(9)20(3-2-16)18-13(11)15/h6,8H,3-5,7H2,1H3/t8-/m1/s1. The van der Waals surface area contributed by atoms with E-state index in [2.05, 4.69) is 50.6 Å². The number of halogens is 2. The molecule has 0 bridgehead atoms. The van der Waals surface area contributed by atoms with E-state index < -0.39 is 0 Å². The van der Waals surface area contributed by atoms with E-state index in [1.807, 2.05) is 6.07 Å². The highest BCUT2D eigenvalue weighted by Crippen LogP contribution is 2.33. The Morgan fingerprint density at radius 2 is 2.43 bits per heavy atom. The second-order valence-corrected chi connectivity index (χ2v) is 6.29. The molecule has 2 aromatic heterocycles. The van der Waals surface area contributed by atoms with Gasteiger partial charge in [0.2, 0.25) is 0 Å². The number of nitriles is 1. The first-order chi connectivity index (χ1) is 10.1. The summed E-state index contributed by atoms with van der Waals surface area (Å²) in [5.41, 5.74) is 2.57. The number of morpholine rings is 1. The van der Waals surface area contributed by atoms with Crippen molar-refractivity contribution in [1.29, 1.82) is 5.26 Å². The molecule has 110 valence electrons. The molecule has 8 heteroatoms. The van der Waals surface area contributed by atoms with Crippen molar-refractivity contribution in [2.75, 3.05) is 24.7 Å². The first-order valence-electron chi connectivity index (χ1n) is 6.55. The van der Waals surface area contributed by atoms with Gasteiger partial charge in [-0.25, -0.2) is 9.67 Å². The van der Waals surface area contributed by atoms with E-state index in [1.165, 1.54) is 0 Å². The zero-order valence-electron chi connectivity index (χ0n) is 11.4. The number of fused-ring (bicyclic) bond motifs is 1. The maximum atomic E-state index is 9.00. The predicted octanol–water partition coefficient (Wildman–Crippen LogP) is 2.44. The largest absolute Gasteiger partial charge is 0.377 e. The van der Waals surface area contributed by atoms with Crippen molar-refractivity contribution in [3.8, 4) is 6.07 Å². The van der Waals surface area contributed by atoms with Crippen molar-refractivity contribution in [3.05, 3.63) is 14.9 Å². The van der Waals surface area contributed by atoms with Crippen LogP contribution in [0.5, 0.6) is 0 Å². The number of pyridine rings is 1. The maximum Gasteiger partial charge on any atom is 0.149 e. The molecule has 21 heavy (non-hydrogen) atoms. The summed E-state index contributed by atoms with van der Waals surface area (Å²) in [6.07, 6.45) is 0. The van der Waals surface area contributed by atoms with Gasteiger partial charge in [-0.05, 0) is 29.5 Å². The average molecular weight is 418 g/mol. The van der Waals surface area contributed by atoms with Crippen LogP contribution in [0.1, 0.15) is 6.92 Å². The zero-order valence-corrected chi connectivity index (χ0v) is 14.3. The van der Waals surface area contributed by atoms with Gasteiger partial charge in [-0.15, -0.1) is 0 Å². The average Bonchev–Trinajstić information content (AvgIpc) is 2.76. The summed E-state index contributed by atoms with van der Waals surface area (Å²) >= 11 is 8.30. The van der Waals surface area contributed by atoms with Crippen molar-refractivity contribution in [2.24, 2.45) is 0 Å².